The molecule has 0 bridgehead atoms. The van der Waals surface area contributed by atoms with Gasteiger partial charge in [-0.05, 0) is 32.8 Å². The lowest BCUT2D eigenvalue weighted by molar-refractivity contribution is -0.141. The second kappa shape index (κ2) is 5.59. The number of carbonyl (C=O) groups excluding carboxylic acids is 1. The van der Waals surface area contributed by atoms with E-state index in [9.17, 15) is 18.0 Å². The molecule has 1 N–H and O–H groups in total. The minimum Gasteiger partial charge on any atom is -0.299 e. The Labute approximate surface area is 133 Å². The number of hydrogen-bond acceptors (Lipinski definition) is 5. The van der Waals surface area contributed by atoms with E-state index in [1.165, 1.54) is 25.2 Å². The van der Waals surface area contributed by atoms with Crippen LogP contribution in [0.3, 0.4) is 0 Å². The molecule has 1 amide bonds. The average Bonchev–Trinajstić information content (AvgIpc) is 3.08. The number of anilines is 1. The molecule has 0 radical (unpaired) electrons. The summed E-state index contributed by atoms with van der Waals surface area (Å²) in [6.07, 6.45) is -2.39. The van der Waals surface area contributed by atoms with E-state index in [-0.39, 0.29) is 5.69 Å². The molecule has 2 heterocycles. The second-order valence-corrected chi connectivity index (χ2v) is 6.51. The fourth-order valence-electron chi connectivity index (χ4n) is 2.12. The van der Waals surface area contributed by atoms with Crippen molar-refractivity contribution in [1.29, 1.82) is 0 Å². The Morgan fingerprint density at radius 2 is 2.13 bits per heavy atom. The van der Waals surface area contributed by atoms with Gasteiger partial charge < -0.3 is 0 Å². The summed E-state index contributed by atoms with van der Waals surface area (Å²) in [5.41, 5.74) is -0.752. The molecule has 124 valence electrons. The second-order valence-electron chi connectivity index (χ2n) is 5.50. The molecule has 6 nitrogen and oxygen atoms in total. The largest absolute Gasteiger partial charge is 0.435 e. The highest BCUT2D eigenvalue weighted by Gasteiger charge is 2.35. The van der Waals surface area contributed by atoms with E-state index >= 15 is 0 Å². The summed E-state index contributed by atoms with van der Waals surface area (Å²) in [6, 6.07) is 0.0271. The van der Waals surface area contributed by atoms with Gasteiger partial charge in [-0.15, -0.1) is 10.2 Å². The summed E-state index contributed by atoms with van der Waals surface area (Å²) in [6.45, 7) is 2.96. The molecule has 10 heteroatoms. The monoisotopic (exact) mass is 345 g/mol. The number of aromatic nitrogens is 4. The number of nitrogens with zero attached hydrogens (tertiary/aromatic N) is 4. The molecule has 0 aromatic carbocycles. The number of hydrogen-bond donors (Lipinski definition) is 1. The Kier molecular flexibility index (Phi) is 3.86. The predicted octanol–water partition coefficient (Wildman–Crippen LogP) is 3.14. The summed E-state index contributed by atoms with van der Waals surface area (Å²) in [5.74, 6) is -0.0540. The van der Waals surface area contributed by atoms with E-state index in [2.05, 4.69) is 20.6 Å². The lowest BCUT2D eigenvalue weighted by Crippen LogP contribution is -2.25. The highest BCUT2D eigenvalue weighted by Crippen LogP contribution is 2.42. The molecule has 2 aromatic rings. The summed E-state index contributed by atoms with van der Waals surface area (Å²) in [5, 5.41) is 15.2. The van der Waals surface area contributed by atoms with Gasteiger partial charge in [-0.3, -0.25) is 14.8 Å². The zero-order valence-corrected chi connectivity index (χ0v) is 13.2. The van der Waals surface area contributed by atoms with Crippen molar-refractivity contribution in [3.05, 3.63) is 22.5 Å². The maximum absolute atomic E-state index is 12.7. The summed E-state index contributed by atoms with van der Waals surface area (Å²) in [7, 11) is 0. The first-order valence-electron chi connectivity index (χ1n) is 7.03. The van der Waals surface area contributed by atoms with E-state index in [0.717, 1.165) is 28.6 Å². The first-order valence-corrected chi connectivity index (χ1v) is 7.85. The van der Waals surface area contributed by atoms with E-state index < -0.39 is 23.8 Å². The van der Waals surface area contributed by atoms with Gasteiger partial charge in [-0.2, -0.15) is 18.3 Å². The van der Waals surface area contributed by atoms with E-state index in [1.807, 2.05) is 0 Å². The number of alkyl halides is 3. The lowest BCUT2D eigenvalue weighted by Gasteiger charge is -2.13. The lowest BCUT2D eigenvalue weighted by atomic mass is 10.3. The van der Waals surface area contributed by atoms with Crippen LogP contribution >= 0.6 is 11.3 Å². The van der Waals surface area contributed by atoms with Crippen molar-refractivity contribution in [1.82, 2.24) is 20.0 Å². The minimum absolute atomic E-state index is 0.260. The van der Waals surface area contributed by atoms with E-state index in [0.29, 0.717) is 11.0 Å². The number of aryl methyl sites for hydroxylation is 1. The van der Waals surface area contributed by atoms with Gasteiger partial charge in [0, 0.05) is 11.6 Å². The Balaban J connectivity index is 1.72. The van der Waals surface area contributed by atoms with Crippen LogP contribution in [0.1, 0.15) is 48.1 Å². The third-order valence-corrected chi connectivity index (χ3v) is 4.56. The molecular weight excluding hydrogens is 331 g/mol. The number of carbonyl (C=O) groups is 1. The standard InChI is InChI=1S/C13H14F3N5OS/c1-6-5-9(13(14,15)16)20-21(6)7(2)10(22)17-12-19-18-11(23-12)8-3-4-8/h5,7-8H,3-4H2,1-2H3,(H,17,19,22)/t7-/m1/s1. The van der Waals surface area contributed by atoms with Crippen LogP contribution in [0.2, 0.25) is 0 Å². The summed E-state index contributed by atoms with van der Waals surface area (Å²) < 4.78 is 39.1. The topological polar surface area (TPSA) is 72.7 Å². The number of nitrogens with one attached hydrogen (secondary N) is 1. The Bertz CT molecular complexity index is 734. The van der Waals surface area contributed by atoms with Gasteiger partial charge in [-0.1, -0.05) is 11.3 Å². The van der Waals surface area contributed by atoms with Crippen LogP contribution in [-0.2, 0) is 11.0 Å². The Morgan fingerprint density at radius 3 is 2.70 bits per heavy atom. The molecule has 1 atom stereocenters. The van der Waals surface area contributed by atoms with E-state index in [4.69, 9.17) is 0 Å². The average molecular weight is 345 g/mol. The highest BCUT2D eigenvalue weighted by atomic mass is 32.1. The number of rotatable bonds is 4. The molecule has 0 aliphatic heterocycles. The van der Waals surface area contributed by atoms with Gasteiger partial charge in [0.25, 0.3) is 5.91 Å². The van der Waals surface area contributed by atoms with Crippen LogP contribution in [0.25, 0.3) is 0 Å². The fourth-order valence-corrected chi connectivity index (χ4v) is 3.04. The number of amides is 1. The van der Waals surface area contributed by atoms with Gasteiger partial charge in [0.15, 0.2) is 5.69 Å². The van der Waals surface area contributed by atoms with Crippen molar-refractivity contribution < 1.29 is 18.0 Å². The zero-order valence-electron chi connectivity index (χ0n) is 12.4. The maximum Gasteiger partial charge on any atom is 0.435 e. The van der Waals surface area contributed by atoms with Crippen molar-refractivity contribution in [3.8, 4) is 0 Å². The van der Waals surface area contributed by atoms with Crippen molar-refractivity contribution in [2.75, 3.05) is 5.32 Å². The molecule has 23 heavy (non-hydrogen) atoms. The Hall–Kier alpha value is -1.97. The normalized spacial score (nSPS) is 16.4. The quantitative estimate of drug-likeness (QED) is 0.924. The summed E-state index contributed by atoms with van der Waals surface area (Å²) >= 11 is 1.29. The van der Waals surface area contributed by atoms with Gasteiger partial charge in [-0.25, -0.2) is 0 Å². The third kappa shape index (κ3) is 3.36. The van der Waals surface area contributed by atoms with Crippen LogP contribution in [-0.4, -0.2) is 25.9 Å². The number of halogens is 3. The van der Waals surface area contributed by atoms with Crippen molar-refractivity contribution in [2.24, 2.45) is 0 Å². The van der Waals surface area contributed by atoms with Crippen LogP contribution in [0, 0.1) is 6.92 Å². The molecular formula is C13H14F3N5OS. The van der Waals surface area contributed by atoms with Gasteiger partial charge in [0.1, 0.15) is 11.0 Å². The molecule has 1 fully saturated rings. The molecule has 0 spiro atoms. The van der Waals surface area contributed by atoms with Crippen molar-refractivity contribution in [2.45, 2.75) is 44.8 Å². The first kappa shape index (κ1) is 15.9. The molecule has 1 aliphatic rings. The van der Waals surface area contributed by atoms with Crippen molar-refractivity contribution >= 4 is 22.4 Å². The molecule has 1 aliphatic carbocycles. The first-order chi connectivity index (χ1) is 10.8. The van der Waals surface area contributed by atoms with E-state index in [1.54, 1.807) is 0 Å². The SMILES string of the molecule is Cc1cc(C(F)(F)F)nn1[C@H](C)C(=O)Nc1nnc(C2CC2)s1. The zero-order chi connectivity index (χ0) is 16.8. The molecule has 0 saturated heterocycles. The van der Waals surface area contributed by atoms with Crippen LogP contribution in [0.4, 0.5) is 18.3 Å². The smallest absolute Gasteiger partial charge is 0.299 e. The third-order valence-electron chi connectivity index (χ3n) is 3.56. The maximum atomic E-state index is 12.7. The van der Waals surface area contributed by atoms with Crippen molar-refractivity contribution in [3.63, 3.8) is 0 Å². The van der Waals surface area contributed by atoms with Crippen LogP contribution in [0.5, 0.6) is 0 Å². The van der Waals surface area contributed by atoms with Crippen LogP contribution < -0.4 is 5.32 Å². The summed E-state index contributed by atoms with van der Waals surface area (Å²) in [4.78, 5) is 12.2. The molecule has 1 saturated carbocycles. The van der Waals surface area contributed by atoms with Gasteiger partial charge >= 0.3 is 6.18 Å². The van der Waals surface area contributed by atoms with Crippen LogP contribution in [0.15, 0.2) is 6.07 Å². The Morgan fingerprint density at radius 1 is 1.43 bits per heavy atom. The minimum atomic E-state index is -4.54. The molecule has 3 rings (SSSR count). The van der Waals surface area contributed by atoms with Gasteiger partial charge in [0.2, 0.25) is 5.13 Å². The molecule has 2 aromatic heterocycles. The molecule has 0 unspecified atom stereocenters. The fraction of sp³-hybridized carbons (Fsp3) is 0.538. The predicted molar refractivity (Wildman–Crippen MR) is 77.2 cm³/mol. The van der Waals surface area contributed by atoms with Gasteiger partial charge in [0.05, 0.1) is 0 Å². The highest BCUT2D eigenvalue weighted by molar-refractivity contribution is 7.15.